The summed E-state index contributed by atoms with van der Waals surface area (Å²) in [6.45, 7) is 6.74. The molecule has 6 rings (SSSR count). The van der Waals surface area contributed by atoms with Crippen LogP contribution in [0, 0.1) is 29.1 Å². The topological polar surface area (TPSA) is 37.1 Å². The molecular weight excluding hydrogens is 378 g/mol. The quantitative estimate of drug-likeness (QED) is 0.363. The third-order valence-corrected chi connectivity index (χ3v) is 8.00. The average molecular weight is 418 g/mol. The predicted molar refractivity (Wildman–Crippen MR) is 131 cm³/mol. The molecule has 5 saturated carbocycles. The van der Waals surface area contributed by atoms with E-state index in [4.69, 9.17) is 15.0 Å². The number of rotatable bonds is 2. The van der Waals surface area contributed by atoms with E-state index < -0.39 is 0 Å². The Morgan fingerprint density at radius 2 is 1.42 bits per heavy atom. The molecule has 0 amide bonds. The zero-order chi connectivity index (χ0) is 21.4. The van der Waals surface area contributed by atoms with Crippen LogP contribution in [0.5, 0.6) is 0 Å². The Balaban J connectivity index is 1.54. The second-order valence-electron chi connectivity index (χ2n) is 11.6. The van der Waals surface area contributed by atoms with Gasteiger partial charge in [0.15, 0.2) is 5.84 Å². The lowest BCUT2D eigenvalue weighted by molar-refractivity contribution is 0.109. The van der Waals surface area contributed by atoms with Crippen LogP contribution in [-0.4, -0.2) is 23.4 Å². The van der Waals surface area contributed by atoms with Gasteiger partial charge in [0.05, 0.1) is 6.04 Å². The fourth-order valence-electron chi connectivity index (χ4n) is 6.59. The van der Waals surface area contributed by atoms with Gasteiger partial charge in [-0.1, -0.05) is 70.4 Å². The number of nitrogens with zero attached hydrogens (tertiary/aromatic N) is 3. The third kappa shape index (κ3) is 4.71. The van der Waals surface area contributed by atoms with Crippen LogP contribution < -0.4 is 0 Å². The lowest BCUT2D eigenvalue weighted by Gasteiger charge is -2.50. The lowest BCUT2D eigenvalue weighted by Crippen LogP contribution is -2.45. The maximum atomic E-state index is 5.38. The van der Waals surface area contributed by atoms with E-state index in [-0.39, 0.29) is 5.41 Å². The molecule has 5 aliphatic carbocycles. The molecule has 1 aromatic rings. The van der Waals surface area contributed by atoms with E-state index in [9.17, 15) is 0 Å². The summed E-state index contributed by atoms with van der Waals surface area (Å²) in [4.78, 5) is 15.8. The molecule has 4 bridgehead atoms. The minimum absolute atomic E-state index is 0.0816. The smallest absolute Gasteiger partial charge is 0.161 e. The van der Waals surface area contributed by atoms with Crippen LogP contribution in [0.4, 0.5) is 0 Å². The summed E-state index contributed by atoms with van der Waals surface area (Å²) in [5.41, 5.74) is 2.51. The van der Waals surface area contributed by atoms with Gasteiger partial charge in [0.1, 0.15) is 5.84 Å². The van der Waals surface area contributed by atoms with Gasteiger partial charge in [-0.3, -0.25) is 4.99 Å². The fraction of sp³-hybridized carbons (Fsp3) is 0.679. The molecule has 166 valence electrons. The number of amidine groups is 2. The van der Waals surface area contributed by atoms with Gasteiger partial charge in [-0.2, -0.15) is 0 Å². The van der Waals surface area contributed by atoms with Crippen LogP contribution in [0.3, 0.4) is 0 Å². The maximum Gasteiger partial charge on any atom is 0.161 e. The Morgan fingerprint density at radius 1 is 0.806 bits per heavy atom. The van der Waals surface area contributed by atoms with Gasteiger partial charge >= 0.3 is 0 Å². The first kappa shape index (κ1) is 21.1. The molecule has 0 atom stereocenters. The van der Waals surface area contributed by atoms with Crippen LogP contribution in [0.15, 0.2) is 45.3 Å². The van der Waals surface area contributed by atoms with Crippen molar-refractivity contribution in [3.63, 3.8) is 0 Å². The zero-order valence-electron chi connectivity index (χ0n) is 19.7. The highest BCUT2D eigenvalue weighted by Gasteiger charge is 2.46. The fourth-order valence-corrected chi connectivity index (χ4v) is 6.59. The molecule has 0 aliphatic heterocycles. The molecule has 0 radical (unpaired) electrons. The van der Waals surface area contributed by atoms with Crippen LogP contribution in [0.2, 0.25) is 0 Å². The van der Waals surface area contributed by atoms with Gasteiger partial charge < -0.3 is 0 Å². The number of aliphatic imine (C=N–C) groups is 3. The molecule has 1 aromatic carbocycles. The second-order valence-corrected chi connectivity index (χ2v) is 11.6. The maximum absolute atomic E-state index is 5.38. The standard InChI is InChI=1S/C28H39N3/c1-28(2,3)27(29-24-12-8-5-9-13-24)31-26(21-10-6-4-7-11-21)30-25-22-15-19-14-20(17-22)18-23(25)16-19/h4,6-7,10-11,19-20,22-24H,5,8-9,12-18H2,1-3H3. The van der Waals surface area contributed by atoms with Gasteiger partial charge in [-0.05, 0) is 68.6 Å². The van der Waals surface area contributed by atoms with Gasteiger partial charge in [-0.25, -0.2) is 9.98 Å². The van der Waals surface area contributed by atoms with Crippen molar-refractivity contribution in [2.45, 2.75) is 91.0 Å². The summed E-state index contributed by atoms with van der Waals surface area (Å²) in [7, 11) is 0. The number of hydrogen-bond acceptors (Lipinski definition) is 1. The molecule has 0 spiro atoms. The third-order valence-electron chi connectivity index (χ3n) is 8.00. The molecule has 0 N–H and O–H groups in total. The molecule has 0 aromatic heterocycles. The highest BCUT2D eigenvalue weighted by Crippen LogP contribution is 2.52. The molecule has 5 fully saturated rings. The second kappa shape index (κ2) is 8.64. The van der Waals surface area contributed by atoms with Gasteiger partial charge in [-0.15, -0.1) is 0 Å². The van der Waals surface area contributed by atoms with Crippen molar-refractivity contribution in [2.24, 2.45) is 44.1 Å². The molecule has 5 aliphatic rings. The summed E-state index contributed by atoms with van der Waals surface area (Å²) in [6, 6.07) is 11.1. The Bertz CT molecular complexity index is 835. The van der Waals surface area contributed by atoms with Crippen LogP contribution in [-0.2, 0) is 0 Å². The Hall–Kier alpha value is -1.77. The predicted octanol–water partition coefficient (Wildman–Crippen LogP) is 7.11. The molecule has 0 heterocycles. The van der Waals surface area contributed by atoms with Gasteiger partial charge in [0.25, 0.3) is 0 Å². The van der Waals surface area contributed by atoms with Crippen molar-refractivity contribution in [1.82, 2.24) is 0 Å². The molecule has 31 heavy (non-hydrogen) atoms. The minimum Gasteiger partial charge on any atom is -0.267 e. The Labute approximate surface area is 188 Å². The molecule has 3 nitrogen and oxygen atoms in total. The molecular formula is C28H39N3. The van der Waals surface area contributed by atoms with Crippen molar-refractivity contribution >= 4 is 17.4 Å². The Kier molecular flexibility index (Phi) is 5.88. The summed E-state index contributed by atoms with van der Waals surface area (Å²) >= 11 is 0. The van der Waals surface area contributed by atoms with Crippen molar-refractivity contribution < 1.29 is 0 Å². The summed E-state index contributed by atoms with van der Waals surface area (Å²) in [6.07, 6.45) is 13.3. The van der Waals surface area contributed by atoms with E-state index in [1.165, 1.54) is 69.9 Å². The van der Waals surface area contributed by atoms with E-state index >= 15 is 0 Å². The van der Waals surface area contributed by atoms with Crippen LogP contribution >= 0.6 is 0 Å². The van der Waals surface area contributed by atoms with E-state index in [0.717, 1.165) is 29.1 Å². The molecule has 0 saturated heterocycles. The zero-order valence-corrected chi connectivity index (χ0v) is 19.7. The molecule has 3 heteroatoms. The van der Waals surface area contributed by atoms with Crippen molar-refractivity contribution in [2.75, 3.05) is 0 Å². The number of benzene rings is 1. The number of hydrogen-bond donors (Lipinski definition) is 0. The van der Waals surface area contributed by atoms with Crippen molar-refractivity contribution in [1.29, 1.82) is 0 Å². The molecule has 0 unspecified atom stereocenters. The largest absolute Gasteiger partial charge is 0.267 e. The minimum atomic E-state index is -0.0816. The van der Waals surface area contributed by atoms with Gasteiger partial charge in [0, 0.05) is 16.7 Å². The highest BCUT2D eigenvalue weighted by atomic mass is 15.0. The van der Waals surface area contributed by atoms with E-state index in [1.807, 2.05) is 0 Å². The van der Waals surface area contributed by atoms with Crippen LogP contribution in [0.1, 0.15) is 90.5 Å². The first-order valence-electron chi connectivity index (χ1n) is 12.8. The first-order valence-corrected chi connectivity index (χ1v) is 12.8. The Morgan fingerprint density at radius 3 is 2.00 bits per heavy atom. The first-order chi connectivity index (χ1) is 15.0. The highest BCUT2D eigenvalue weighted by molar-refractivity contribution is 6.13. The van der Waals surface area contributed by atoms with E-state index in [1.54, 1.807) is 0 Å². The summed E-state index contributed by atoms with van der Waals surface area (Å²) in [5.74, 6) is 5.17. The van der Waals surface area contributed by atoms with Crippen LogP contribution in [0.25, 0.3) is 0 Å². The van der Waals surface area contributed by atoms with Gasteiger partial charge in [0.2, 0.25) is 0 Å². The van der Waals surface area contributed by atoms with Crippen molar-refractivity contribution in [3.05, 3.63) is 35.9 Å². The van der Waals surface area contributed by atoms with E-state index in [0.29, 0.717) is 17.9 Å². The summed E-state index contributed by atoms with van der Waals surface area (Å²) < 4.78 is 0. The van der Waals surface area contributed by atoms with Crippen molar-refractivity contribution in [3.8, 4) is 0 Å². The average Bonchev–Trinajstić information content (AvgIpc) is 2.75. The summed E-state index contributed by atoms with van der Waals surface area (Å²) in [5, 5.41) is 0. The van der Waals surface area contributed by atoms with E-state index in [2.05, 4.69) is 51.1 Å². The normalized spacial score (nSPS) is 31.9. The SMILES string of the molecule is CC(C)(C)C(N=C(N=C1C2CC3CC(C2)CC1C3)c1ccccc1)=NC1CCCCC1. The lowest BCUT2D eigenvalue weighted by atomic mass is 9.55. The monoisotopic (exact) mass is 417 g/mol.